The second kappa shape index (κ2) is 5.82. The van der Waals surface area contributed by atoms with Crippen LogP contribution in [0.1, 0.15) is 78.4 Å². The Morgan fingerprint density at radius 1 is 1.12 bits per heavy atom. The van der Waals surface area contributed by atoms with Crippen LogP contribution in [0.3, 0.4) is 0 Å². The van der Waals surface area contributed by atoms with E-state index in [9.17, 15) is 5.11 Å². The van der Waals surface area contributed by atoms with Crippen molar-refractivity contribution < 1.29 is 14.6 Å². The molecule has 0 fully saturated rings. The maximum absolute atomic E-state index is 10.9. The lowest BCUT2D eigenvalue weighted by Crippen LogP contribution is -2.29. The van der Waals surface area contributed by atoms with Gasteiger partial charge in [-0.3, -0.25) is 0 Å². The highest BCUT2D eigenvalue weighted by atomic mass is 16.7. The SMILES string of the molecule is CC1=CCCC(C)(C)/C1=C/c1cc(C(C)C)c2c(c1O)OC(C)(C)O2. The smallest absolute Gasteiger partial charge is 0.246 e. The van der Waals surface area contributed by atoms with Gasteiger partial charge in [-0.15, -0.1) is 0 Å². The molecule has 136 valence electrons. The number of rotatable bonds is 2. The van der Waals surface area contributed by atoms with Crippen molar-refractivity contribution >= 4 is 6.08 Å². The molecule has 0 radical (unpaired) electrons. The van der Waals surface area contributed by atoms with Crippen molar-refractivity contribution in [3.05, 3.63) is 34.4 Å². The first-order valence-corrected chi connectivity index (χ1v) is 9.19. The summed E-state index contributed by atoms with van der Waals surface area (Å²) < 4.78 is 11.9. The van der Waals surface area contributed by atoms with Crippen molar-refractivity contribution in [2.24, 2.45) is 5.41 Å². The minimum Gasteiger partial charge on any atom is -0.504 e. The van der Waals surface area contributed by atoms with Crippen LogP contribution in [0.4, 0.5) is 0 Å². The van der Waals surface area contributed by atoms with Gasteiger partial charge in [0.25, 0.3) is 0 Å². The third kappa shape index (κ3) is 3.17. The van der Waals surface area contributed by atoms with Gasteiger partial charge in [-0.1, -0.05) is 39.3 Å². The fourth-order valence-electron chi connectivity index (χ4n) is 3.82. The van der Waals surface area contributed by atoms with Gasteiger partial charge in [0.1, 0.15) is 0 Å². The van der Waals surface area contributed by atoms with Crippen LogP contribution < -0.4 is 9.47 Å². The van der Waals surface area contributed by atoms with Crippen LogP contribution in [-0.4, -0.2) is 10.9 Å². The van der Waals surface area contributed by atoms with Gasteiger partial charge < -0.3 is 14.6 Å². The molecule has 0 spiro atoms. The molecule has 1 aliphatic heterocycles. The summed E-state index contributed by atoms with van der Waals surface area (Å²) in [4.78, 5) is 0. The summed E-state index contributed by atoms with van der Waals surface area (Å²) in [5, 5.41) is 10.9. The molecular weight excluding hydrogens is 312 g/mol. The standard InChI is InChI=1S/C22H30O3/c1-13(2)16-11-15(12-17-14(3)9-8-10-21(17,4)5)18(23)20-19(16)24-22(6,7)25-20/h9,11-13,23H,8,10H2,1-7H3/b17-12+. The van der Waals surface area contributed by atoms with Crippen LogP contribution in [0.2, 0.25) is 0 Å². The summed E-state index contributed by atoms with van der Waals surface area (Å²) in [6, 6.07) is 2.05. The molecule has 3 nitrogen and oxygen atoms in total. The molecule has 0 unspecified atom stereocenters. The van der Waals surface area contributed by atoms with Crippen LogP contribution >= 0.6 is 0 Å². The summed E-state index contributed by atoms with van der Waals surface area (Å²) in [5.41, 5.74) is 4.54. The van der Waals surface area contributed by atoms with Gasteiger partial charge >= 0.3 is 0 Å². The number of hydrogen-bond donors (Lipinski definition) is 1. The Kier molecular flexibility index (Phi) is 4.17. The minimum atomic E-state index is -0.755. The van der Waals surface area contributed by atoms with Crippen molar-refractivity contribution in [1.82, 2.24) is 0 Å². The van der Waals surface area contributed by atoms with Crippen LogP contribution in [0.15, 0.2) is 23.3 Å². The molecule has 0 atom stereocenters. The van der Waals surface area contributed by atoms with Crippen molar-refractivity contribution in [2.75, 3.05) is 0 Å². The van der Waals surface area contributed by atoms with Gasteiger partial charge in [0.15, 0.2) is 11.5 Å². The molecular formula is C22H30O3. The van der Waals surface area contributed by atoms with Crippen molar-refractivity contribution in [2.45, 2.75) is 73.0 Å². The Hall–Kier alpha value is -1.90. The molecule has 1 heterocycles. The van der Waals surface area contributed by atoms with Gasteiger partial charge in [-0.2, -0.15) is 0 Å². The average molecular weight is 342 g/mol. The molecule has 2 aliphatic rings. The third-order valence-electron chi connectivity index (χ3n) is 5.26. The molecule has 3 heteroatoms. The van der Waals surface area contributed by atoms with Crippen molar-refractivity contribution in [3.63, 3.8) is 0 Å². The van der Waals surface area contributed by atoms with Crippen molar-refractivity contribution in [1.29, 1.82) is 0 Å². The van der Waals surface area contributed by atoms with Gasteiger partial charge in [0, 0.05) is 25.0 Å². The summed E-state index contributed by atoms with van der Waals surface area (Å²) in [6.07, 6.45) is 6.63. The molecule has 1 N–H and O–H groups in total. The maximum atomic E-state index is 10.9. The fraction of sp³-hybridized carbons (Fsp3) is 0.545. The molecule has 25 heavy (non-hydrogen) atoms. The first-order chi connectivity index (χ1) is 11.5. The monoisotopic (exact) mass is 342 g/mol. The number of aromatic hydroxyl groups is 1. The average Bonchev–Trinajstić information content (AvgIpc) is 2.80. The number of fused-ring (bicyclic) bond motifs is 1. The summed E-state index contributed by atoms with van der Waals surface area (Å²) in [6.45, 7) is 14.7. The predicted molar refractivity (Wildman–Crippen MR) is 102 cm³/mol. The van der Waals surface area contributed by atoms with E-state index in [2.05, 4.69) is 52.8 Å². The molecule has 1 aromatic rings. The third-order valence-corrected chi connectivity index (χ3v) is 5.26. The largest absolute Gasteiger partial charge is 0.504 e. The highest BCUT2D eigenvalue weighted by Crippen LogP contribution is 2.52. The van der Waals surface area contributed by atoms with Gasteiger partial charge in [-0.25, -0.2) is 0 Å². The lowest BCUT2D eigenvalue weighted by molar-refractivity contribution is -0.0443. The van der Waals surface area contributed by atoms with Gasteiger partial charge in [0.05, 0.1) is 0 Å². The van der Waals surface area contributed by atoms with E-state index in [0.717, 1.165) is 24.0 Å². The maximum Gasteiger partial charge on any atom is 0.246 e. The zero-order valence-corrected chi connectivity index (χ0v) is 16.5. The highest BCUT2D eigenvalue weighted by molar-refractivity contribution is 5.73. The molecule has 0 saturated heterocycles. The lowest BCUT2D eigenvalue weighted by Gasteiger charge is -2.32. The quantitative estimate of drug-likeness (QED) is 0.698. The zero-order chi connectivity index (χ0) is 18.6. The molecule has 0 bridgehead atoms. The number of hydrogen-bond acceptors (Lipinski definition) is 3. The Morgan fingerprint density at radius 2 is 1.76 bits per heavy atom. The van der Waals surface area contributed by atoms with Crippen LogP contribution in [0.5, 0.6) is 17.2 Å². The molecule has 0 saturated carbocycles. The highest BCUT2D eigenvalue weighted by Gasteiger charge is 2.37. The van der Waals surface area contributed by atoms with E-state index >= 15 is 0 Å². The van der Waals surface area contributed by atoms with E-state index in [0.29, 0.717) is 11.5 Å². The number of phenols is 1. The van der Waals surface area contributed by atoms with E-state index in [1.165, 1.54) is 11.1 Å². The molecule has 3 rings (SSSR count). The lowest BCUT2D eigenvalue weighted by atomic mass is 9.72. The zero-order valence-electron chi connectivity index (χ0n) is 16.5. The summed E-state index contributed by atoms with van der Waals surface area (Å²) in [7, 11) is 0. The second-order valence-electron chi connectivity index (χ2n) is 8.69. The molecule has 0 aromatic heterocycles. The summed E-state index contributed by atoms with van der Waals surface area (Å²) >= 11 is 0. The fourth-order valence-corrected chi connectivity index (χ4v) is 3.82. The van der Waals surface area contributed by atoms with E-state index in [1.54, 1.807) is 0 Å². The Bertz CT molecular complexity index is 764. The molecule has 1 aromatic carbocycles. The first kappa shape index (κ1) is 17.9. The topological polar surface area (TPSA) is 38.7 Å². The van der Waals surface area contributed by atoms with Crippen LogP contribution in [-0.2, 0) is 0 Å². The Morgan fingerprint density at radius 3 is 2.36 bits per heavy atom. The van der Waals surface area contributed by atoms with Gasteiger partial charge in [0.2, 0.25) is 11.5 Å². The normalized spacial score (nSPS) is 22.4. The Balaban J connectivity index is 2.19. The number of ether oxygens (including phenoxy) is 2. The number of benzene rings is 1. The van der Waals surface area contributed by atoms with Crippen molar-refractivity contribution in [3.8, 4) is 17.2 Å². The first-order valence-electron chi connectivity index (χ1n) is 9.19. The Labute approximate surface area is 151 Å². The summed E-state index contributed by atoms with van der Waals surface area (Å²) in [5.74, 6) is 0.842. The molecule has 0 amide bonds. The van der Waals surface area contributed by atoms with Gasteiger partial charge in [-0.05, 0) is 48.8 Å². The van der Waals surface area contributed by atoms with E-state index in [4.69, 9.17) is 9.47 Å². The number of allylic oxidation sites excluding steroid dienone is 3. The molecule has 1 aliphatic carbocycles. The van der Waals surface area contributed by atoms with Crippen LogP contribution in [0, 0.1) is 5.41 Å². The van der Waals surface area contributed by atoms with E-state index in [-0.39, 0.29) is 17.1 Å². The number of phenolic OH excluding ortho intramolecular Hbond substituents is 1. The predicted octanol–water partition coefficient (Wildman–Crippen LogP) is 6.17. The minimum absolute atomic E-state index is 0.0961. The van der Waals surface area contributed by atoms with E-state index < -0.39 is 5.79 Å². The van der Waals surface area contributed by atoms with Crippen LogP contribution in [0.25, 0.3) is 6.08 Å². The van der Waals surface area contributed by atoms with E-state index in [1.807, 2.05) is 13.8 Å². The second-order valence-corrected chi connectivity index (χ2v) is 8.69.